The first-order chi connectivity index (χ1) is 6.02. The second-order valence-corrected chi connectivity index (χ2v) is 3.60. The smallest absolute Gasteiger partial charge is 0.131 e. The average molecular weight is 180 g/mol. The van der Waals surface area contributed by atoms with Crippen LogP contribution in [-0.4, -0.2) is 15.1 Å². The van der Waals surface area contributed by atoms with E-state index in [0.29, 0.717) is 5.92 Å². The maximum absolute atomic E-state index is 9.35. The van der Waals surface area contributed by atoms with Gasteiger partial charge in [0, 0.05) is 23.4 Å². The molecular weight excluding hydrogens is 164 g/mol. The summed E-state index contributed by atoms with van der Waals surface area (Å²) in [6.45, 7) is 7.73. The zero-order chi connectivity index (χ0) is 10.0. The lowest BCUT2D eigenvalue weighted by molar-refractivity contribution is 0.197. The van der Waals surface area contributed by atoms with Crippen molar-refractivity contribution in [2.24, 2.45) is 0 Å². The van der Waals surface area contributed by atoms with E-state index in [1.54, 1.807) is 13.1 Å². The van der Waals surface area contributed by atoms with Crippen LogP contribution in [0.2, 0.25) is 0 Å². The highest BCUT2D eigenvalue weighted by Crippen LogP contribution is 2.16. The average Bonchev–Trinajstić information content (AvgIpc) is 2.03. The minimum absolute atomic E-state index is 0.335. The zero-order valence-corrected chi connectivity index (χ0v) is 8.57. The fourth-order valence-electron chi connectivity index (χ4n) is 1.18. The minimum atomic E-state index is -0.485. The lowest BCUT2D eigenvalue weighted by atomic mass is 10.1. The Morgan fingerprint density at radius 3 is 2.31 bits per heavy atom. The number of aliphatic hydroxyl groups is 1. The second kappa shape index (κ2) is 3.83. The molecule has 72 valence electrons. The summed E-state index contributed by atoms with van der Waals surface area (Å²) in [4.78, 5) is 8.51. The van der Waals surface area contributed by atoms with Crippen LogP contribution >= 0.6 is 0 Å². The van der Waals surface area contributed by atoms with Gasteiger partial charge in [0.2, 0.25) is 0 Å². The third-order valence-corrected chi connectivity index (χ3v) is 2.00. The highest BCUT2D eigenvalue weighted by molar-refractivity contribution is 5.18. The van der Waals surface area contributed by atoms with E-state index < -0.39 is 6.10 Å². The molecule has 0 aromatic carbocycles. The van der Waals surface area contributed by atoms with Gasteiger partial charge in [0.15, 0.2) is 0 Å². The van der Waals surface area contributed by atoms with E-state index in [0.717, 1.165) is 17.1 Å². The van der Waals surface area contributed by atoms with E-state index in [2.05, 4.69) is 23.8 Å². The van der Waals surface area contributed by atoms with Crippen molar-refractivity contribution >= 4 is 0 Å². The Morgan fingerprint density at radius 1 is 1.31 bits per heavy atom. The van der Waals surface area contributed by atoms with Gasteiger partial charge in [0.1, 0.15) is 5.82 Å². The van der Waals surface area contributed by atoms with E-state index in [1.807, 2.05) is 6.92 Å². The summed E-state index contributed by atoms with van der Waals surface area (Å²) in [5.74, 6) is 1.17. The first-order valence-electron chi connectivity index (χ1n) is 4.54. The van der Waals surface area contributed by atoms with Gasteiger partial charge >= 0.3 is 0 Å². The number of aryl methyl sites for hydroxylation is 1. The summed E-state index contributed by atoms with van der Waals surface area (Å²) in [5, 5.41) is 9.35. The fourth-order valence-corrected chi connectivity index (χ4v) is 1.18. The Balaban J connectivity index is 3.06. The Bertz CT molecular complexity index is 295. The summed E-state index contributed by atoms with van der Waals surface area (Å²) in [6.07, 6.45) is 1.23. The summed E-state index contributed by atoms with van der Waals surface area (Å²) in [6, 6.07) is 0. The zero-order valence-electron chi connectivity index (χ0n) is 8.57. The molecule has 0 saturated heterocycles. The van der Waals surface area contributed by atoms with Crippen LogP contribution in [0.4, 0.5) is 0 Å². The molecule has 0 radical (unpaired) electrons. The van der Waals surface area contributed by atoms with Crippen LogP contribution in [0.15, 0.2) is 6.20 Å². The number of nitrogens with zero attached hydrogens (tertiary/aromatic N) is 2. The van der Waals surface area contributed by atoms with Crippen molar-refractivity contribution in [3.63, 3.8) is 0 Å². The first-order valence-corrected chi connectivity index (χ1v) is 4.54. The third-order valence-electron chi connectivity index (χ3n) is 2.00. The Kier molecular flexibility index (Phi) is 2.98. The molecule has 0 bridgehead atoms. The van der Waals surface area contributed by atoms with Crippen LogP contribution in [0.5, 0.6) is 0 Å². The number of hydrogen-bond donors (Lipinski definition) is 1. The molecule has 0 aliphatic rings. The highest BCUT2D eigenvalue weighted by Gasteiger charge is 2.09. The van der Waals surface area contributed by atoms with E-state index in [-0.39, 0.29) is 0 Å². The predicted molar refractivity (Wildman–Crippen MR) is 51.5 cm³/mol. The van der Waals surface area contributed by atoms with Crippen molar-refractivity contribution in [3.8, 4) is 0 Å². The van der Waals surface area contributed by atoms with Crippen molar-refractivity contribution in [2.75, 3.05) is 0 Å². The standard InChI is InChI=1S/C10H16N2O/c1-6(2)10-11-5-9(8(4)13)7(3)12-10/h5-6,8,13H,1-4H3. The molecule has 0 saturated carbocycles. The molecule has 0 spiro atoms. The van der Waals surface area contributed by atoms with E-state index in [1.165, 1.54) is 0 Å². The molecule has 1 unspecified atom stereocenters. The second-order valence-electron chi connectivity index (χ2n) is 3.60. The number of hydrogen-bond acceptors (Lipinski definition) is 3. The maximum Gasteiger partial charge on any atom is 0.131 e. The molecule has 1 rings (SSSR count). The number of aliphatic hydroxyl groups excluding tert-OH is 1. The molecule has 3 nitrogen and oxygen atoms in total. The summed E-state index contributed by atoms with van der Waals surface area (Å²) in [7, 11) is 0. The van der Waals surface area contributed by atoms with Gasteiger partial charge in [-0.05, 0) is 13.8 Å². The Morgan fingerprint density at radius 2 is 1.92 bits per heavy atom. The molecule has 0 aliphatic carbocycles. The molecular formula is C10H16N2O. The monoisotopic (exact) mass is 180 g/mol. The topological polar surface area (TPSA) is 46.0 Å². The summed E-state index contributed by atoms with van der Waals surface area (Å²) >= 11 is 0. The van der Waals surface area contributed by atoms with Gasteiger partial charge in [-0.3, -0.25) is 0 Å². The van der Waals surface area contributed by atoms with Crippen molar-refractivity contribution in [2.45, 2.75) is 39.7 Å². The van der Waals surface area contributed by atoms with Gasteiger partial charge < -0.3 is 5.11 Å². The molecule has 1 aromatic heterocycles. The largest absolute Gasteiger partial charge is 0.389 e. The normalized spacial score (nSPS) is 13.4. The van der Waals surface area contributed by atoms with E-state index in [9.17, 15) is 5.11 Å². The summed E-state index contributed by atoms with van der Waals surface area (Å²) in [5.41, 5.74) is 1.68. The maximum atomic E-state index is 9.35. The predicted octanol–water partition coefficient (Wildman–Crippen LogP) is 1.96. The molecule has 13 heavy (non-hydrogen) atoms. The molecule has 1 N–H and O–H groups in total. The van der Waals surface area contributed by atoms with Gasteiger partial charge in [-0.2, -0.15) is 0 Å². The SMILES string of the molecule is Cc1nc(C(C)C)ncc1C(C)O. The van der Waals surface area contributed by atoms with Crippen LogP contribution in [0, 0.1) is 6.92 Å². The highest BCUT2D eigenvalue weighted by atomic mass is 16.3. The molecule has 0 aliphatic heterocycles. The molecule has 0 amide bonds. The molecule has 0 fully saturated rings. The van der Waals surface area contributed by atoms with Crippen LogP contribution < -0.4 is 0 Å². The lowest BCUT2D eigenvalue weighted by Gasteiger charge is -2.10. The van der Waals surface area contributed by atoms with E-state index in [4.69, 9.17) is 0 Å². The van der Waals surface area contributed by atoms with E-state index >= 15 is 0 Å². The quantitative estimate of drug-likeness (QED) is 0.756. The van der Waals surface area contributed by atoms with Gasteiger partial charge in [0.05, 0.1) is 6.10 Å². The van der Waals surface area contributed by atoms with Gasteiger partial charge in [-0.15, -0.1) is 0 Å². The fraction of sp³-hybridized carbons (Fsp3) is 0.600. The molecule has 1 aromatic rings. The number of aromatic nitrogens is 2. The molecule has 3 heteroatoms. The van der Waals surface area contributed by atoms with Crippen molar-refractivity contribution in [3.05, 3.63) is 23.3 Å². The molecule has 1 heterocycles. The Hall–Kier alpha value is -0.960. The van der Waals surface area contributed by atoms with Gasteiger partial charge in [0.25, 0.3) is 0 Å². The van der Waals surface area contributed by atoms with Crippen LogP contribution in [0.1, 0.15) is 49.9 Å². The molecule has 1 atom stereocenters. The lowest BCUT2D eigenvalue weighted by Crippen LogP contribution is -2.04. The van der Waals surface area contributed by atoms with Crippen LogP contribution in [0.25, 0.3) is 0 Å². The van der Waals surface area contributed by atoms with Crippen molar-refractivity contribution in [1.82, 2.24) is 9.97 Å². The third kappa shape index (κ3) is 2.25. The minimum Gasteiger partial charge on any atom is -0.389 e. The van der Waals surface area contributed by atoms with Gasteiger partial charge in [-0.25, -0.2) is 9.97 Å². The van der Waals surface area contributed by atoms with Gasteiger partial charge in [-0.1, -0.05) is 13.8 Å². The van der Waals surface area contributed by atoms with Crippen molar-refractivity contribution in [1.29, 1.82) is 0 Å². The summed E-state index contributed by atoms with van der Waals surface area (Å²) < 4.78 is 0. The van der Waals surface area contributed by atoms with Crippen LogP contribution in [-0.2, 0) is 0 Å². The van der Waals surface area contributed by atoms with Crippen molar-refractivity contribution < 1.29 is 5.11 Å². The first kappa shape index (κ1) is 10.1. The van der Waals surface area contributed by atoms with Crippen LogP contribution in [0.3, 0.4) is 0 Å². The Labute approximate surface area is 78.9 Å². The number of rotatable bonds is 2.